The van der Waals surface area contributed by atoms with Crippen molar-refractivity contribution in [3.05, 3.63) is 24.0 Å². The first-order valence-electron chi connectivity index (χ1n) is 7.53. The average Bonchev–Trinajstić information content (AvgIpc) is 2.73. The molecule has 1 saturated carbocycles. The van der Waals surface area contributed by atoms with Crippen LogP contribution in [0.1, 0.15) is 57.1 Å². The summed E-state index contributed by atoms with van der Waals surface area (Å²) in [5, 5.41) is 10.9. The summed E-state index contributed by atoms with van der Waals surface area (Å²) < 4.78 is 11.2. The van der Waals surface area contributed by atoms with Crippen LogP contribution in [0.3, 0.4) is 0 Å². The van der Waals surface area contributed by atoms with Gasteiger partial charge in [0.15, 0.2) is 0 Å². The van der Waals surface area contributed by atoms with Crippen LogP contribution < -0.4 is 4.74 Å². The molecular formula is C16H25NO3. The Labute approximate surface area is 121 Å². The van der Waals surface area contributed by atoms with Crippen molar-refractivity contribution < 1.29 is 14.6 Å². The standard InChI is InChI=1S/C16H25NO3/c1-3-20-16(8-6-4-5-7-9-16)15(18)13-10-14(19-2)12-17-11-13/h10-12,15,18H,3-9H2,1-2H3. The van der Waals surface area contributed by atoms with E-state index in [0.717, 1.165) is 31.2 Å². The molecule has 1 aromatic heterocycles. The third kappa shape index (κ3) is 3.30. The molecule has 1 fully saturated rings. The van der Waals surface area contributed by atoms with Crippen LogP contribution in [0, 0.1) is 0 Å². The summed E-state index contributed by atoms with van der Waals surface area (Å²) in [4.78, 5) is 4.15. The second-order valence-corrected chi connectivity index (χ2v) is 5.47. The molecule has 1 aliphatic carbocycles. The van der Waals surface area contributed by atoms with Gasteiger partial charge >= 0.3 is 0 Å². The van der Waals surface area contributed by atoms with Gasteiger partial charge in [-0.2, -0.15) is 0 Å². The van der Waals surface area contributed by atoms with E-state index < -0.39 is 11.7 Å². The number of aliphatic hydroxyl groups is 1. The second kappa shape index (κ2) is 7.04. The third-order valence-corrected chi connectivity index (χ3v) is 4.17. The van der Waals surface area contributed by atoms with Gasteiger partial charge < -0.3 is 14.6 Å². The third-order valence-electron chi connectivity index (χ3n) is 4.17. The molecule has 1 unspecified atom stereocenters. The predicted octanol–water partition coefficient (Wildman–Crippen LogP) is 3.25. The molecule has 0 bridgehead atoms. The first-order valence-corrected chi connectivity index (χ1v) is 7.53. The summed E-state index contributed by atoms with van der Waals surface area (Å²) in [6.45, 7) is 2.61. The maximum absolute atomic E-state index is 10.9. The first-order chi connectivity index (χ1) is 9.72. The van der Waals surface area contributed by atoms with Crippen LogP contribution in [0.25, 0.3) is 0 Å². The lowest BCUT2D eigenvalue weighted by Crippen LogP contribution is -2.39. The highest BCUT2D eigenvalue weighted by atomic mass is 16.5. The maximum Gasteiger partial charge on any atom is 0.137 e. The van der Waals surface area contributed by atoms with Crippen LogP contribution in [0.4, 0.5) is 0 Å². The fourth-order valence-electron chi connectivity index (χ4n) is 3.11. The minimum absolute atomic E-state index is 0.473. The minimum atomic E-state index is -0.650. The van der Waals surface area contributed by atoms with Crippen LogP contribution in [-0.4, -0.2) is 29.4 Å². The van der Waals surface area contributed by atoms with Crippen molar-refractivity contribution in [1.29, 1.82) is 0 Å². The Morgan fingerprint density at radius 1 is 1.25 bits per heavy atom. The Kier molecular flexibility index (Phi) is 5.38. The van der Waals surface area contributed by atoms with E-state index in [-0.39, 0.29) is 0 Å². The molecule has 1 aromatic rings. The lowest BCUT2D eigenvalue weighted by atomic mass is 9.84. The molecule has 2 rings (SSSR count). The SMILES string of the molecule is CCOC1(C(O)c2cncc(OC)c2)CCCCCC1. The molecule has 1 heterocycles. The lowest BCUT2D eigenvalue weighted by molar-refractivity contribution is -0.131. The van der Waals surface area contributed by atoms with Gasteiger partial charge in [-0.15, -0.1) is 0 Å². The number of nitrogens with zero attached hydrogens (tertiary/aromatic N) is 1. The number of hydrogen-bond acceptors (Lipinski definition) is 4. The largest absolute Gasteiger partial charge is 0.495 e. The highest BCUT2D eigenvalue weighted by molar-refractivity contribution is 5.27. The summed E-state index contributed by atoms with van der Waals surface area (Å²) in [7, 11) is 1.61. The molecule has 0 aromatic carbocycles. The number of hydrogen-bond donors (Lipinski definition) is 1. The maximum atomic E-state index is 10.9. The number of ether oxygens (including phenoxy) is 2. The number of methoxy groups -OCH3 is 1. The summed E-state index contributed by atoms with van der Waals surface area (Å²) in [5.74, 6) is 0.668. The molecule has 0 amide bonds. The zero-order chi connectivity index (χ0) is 14.4. The van der Waals surface area contributed by atoms with Crippen molar-refractivity contribution in [3.8, 4) is 5.75 Å². The van der Waals surface area contributed by atoms with Crippen LogP contribution >= 0.6 is 0 Å². The van der Waals surface area contributed by atoms with Gasteiger partial charge in [0.05, 0.1) is 18.9 Å². The molecule has 112 valence electrons. The predicted molar refractivity (Wildman–Crippen MR) is 77.8 cm³/mol. The van der Waals surface area contributed by atoms with Crippen LogP contribution in [0.5, 0.6) is 5.75 Å². The summed E-state index contributed by atoms with van der Waals surface area (Å²) in [6, 6.07) is 1.85. The summed E-state index contributed by atoms with van der Waals surface area (Å²) >= 11 is 0. The fraction of sp³-hybridized carbons (Fsp3) is 0.688. The van der Waals surface area contributed by atoms with E-state index in [2.05, 4.69) is 4.98 Å². The Balaban J connectivity index is 2.26. The van der Waals surface area contributed by atoms with Crippen molar-refractivity contribution in [2.75, 3.05) is 13.7 Å². The van der Waals surface area contributed by atoms with Gasteiger partial charge in [-0.3, -0.25) is 4.98 Å². The fourth-order valence-corrected chi connectivity index (χ4v) is 3.11. The molecule has 0 radical (unpaired) electrons. The zero-order valence-electron chi connectivity index (χ0n) is 12.5. The smallest absolute Gasteiger partial charge is 0.137 e. The minimum Gasteiger partial charge on any atom is -0.495 e. The molecule has 1 atom stereocenters. The highest BCUT2D eigenvalue weighted by Crippen LogP contribution is 2.40. The van der Waals surface area contributed by atoms with Crippen molar-refractivity contribution in [2.45, 2.75) is 57.2 Å². The van der Waals surface area contributed by atoms with E-state index in [1.54, 1.807) is 19.5 Å². The molecule has 0 aliphatic heterocycles. The Bertz CT molecular complexity index is 414. The van der Waals surface area contributed by atoms with E-state index >= 15 is 0 Å². The lowest BCUT2D eigenvalue weighted by Gasteiger charge is -2.37. The van der Waals surface area contributed by atoms with Crippen LogP contribution in [0.15, 0.2) is 18.5 Å². The van der Waals surface area contributed by atoms with Crippen molar-refractivity contribution >= 4 is 0 Å². The molecule has 0 saturated heterocycles. The topological polar surface area (TPSA) is 51.6 Å². The van der Waals surface area contributed by atoms with Gasteiger partial charge in [0, 0.05) is 18.4 Å². The quantitative estimate of drug-likeness (QED) is 0.841. The second-order valence-electron chi connectivity index (χ2n) is 5.47. The highest BCUT2D eigenvalue weighted by Gasteiger charge is 2.40. The Morgan fingerprint density at radius 3 is 2.55 bits per heavy atom. The molecule has 0 spiro atoms. The van der Waals surface area contributed by atoms with Gasteiger partial charge in [-0.05, 0) is 25.8 Å². The van der Waals surface area contributed by atoms with Crippen LogP contribution in [0.2, 0.25) is 0 Å². The number of rotatable bonds is 5. The van der Waals surface area contributed by atoms with Crippen LogP contribution in [-0.2, 0) is 4.74 Å². The van der Waals surface area contributed by atoms with Gasteiger partial charge in [-0.1, -0.05) is 25.7 Å². The van der Waals surface area contributed by atoms with E-state index in [1.807, 2.05) is 13.0 Å². The molecule has 4 nitrogen and oxygen atoms in total. The Morgan fingerprint density at radius 2 is 1.95 bits per heavy atom. The van der Waals surface area contributed by atoms with E-state index in [9.17, 15) is 5.11 Å². The zero-order valence-corrected chi connectivity index (χ0v) is 12.5. The normalized spacial score (nSPS) is 20.1. The van der Waals surface area contributed by atoms with E-state index in [1.165, 1.54) is 12.8 Å². The van der Waals surface area contributed by atoms with Gasteiger partial charge in [-0.25, -0.2) is 0 Å². The van der Waals surface area contributed by atoms with E-state index in [4.69, 9.17) is 9.47 Å². The monoisotopic (exact) mass is 279 g/mol. The van der Waals surface area contributed by atoms with Gasteiger partial charge in [0.25, 0.3) is 0 Å². The van der Waals surface area contributed by atoms with Crippen molar-refractivity contribution in [2.24, 2.45) is 0 Å². The van der Waals surface area contributed by atoms with Gasteiger partial charge in [0.1, 0.15) is 11.9 Å². The molecular weight excluding hydrogens is 254 g/mol. The molecule has 20 heavy (non-hydrogen) atoms. The molecule has 1 aliphatic rings. The molecule has 4 heteroatoms. The number of aromatic nitrogens is 1. The van der Waals surface area contributed by atoms with Crippen molar-refractivity contribution in [3.63, 3.8) is 0 Å². The molecule has 1 N–H and O–H groups in total. The summed E-state index contributed by atoms with van der Waals surface area (Å²) in [5.41, 5.74) is 0.305. The Hall–Kier alpha value is -1.13. The average molecular weight is 279 g/mol. The van der Waals surface area contributed by atoms with Crippen molar-refractivity contribution in [1.82, 2.24) is 4.98 Å². The number of aliphatic hydroxyl groups excluding tert-OH is 1. The first kappa shape index (κ1) is 15.3. The number of pyridine rings is 1. The van der Waals surface area contributed by atoms with Gasteiger partial charge in [0.2, 0.25) is 0 Å². The van der Waals surface area contributed by atoms with E-state index in [0.29, 0.717) is 12.4 Å². The summed E-state index contributed by atoms with van der Waals surface area (Å²) in [6.07, 6.45) is 9.16.